The number of carbonyl (C=O) groups excluding carboxylic acids is 1. The number of hydrogen-bond donors (Lipinski definition) is 1. The van der Waals surface area contributed by atoms with Crippen LogP contribution in [0, 0.1) is 5.92 Å². The van der Waals surface area contributed by atoms with Crippen LogP contribution < -0.4 is 5.73 Å². The van der Waals surface area contributed by atoms with Crippen molar-refractivity contribution in [2.45, 2.75) is 26.3 Å². The van der Waals surface area contributed by atoms with Gasteiger partial charge in [-0.25, -0.2) is 0 Å². The van der Waals surface area contributed by atoms with Crippen molar-refractivity contribution < 1.29 is 4.79 Å². The average Bonchev–Trinajstić information content (AvgIpc) is 2.77. The molecular formula is C12H20N2OS. The molecule has 0 spiro atoms. The molecule has 1 rings (SSSR count). The lowest BCUT2D eigenvalue weighted by atomic mass is 10.0. The van der Waals surface area contributed by atoms with E-state index in [0.717, 1.165) is 12.0 Å². The second kappa shape index (κ2) is 6.01. The largest absolute Gasteiger partial charge is 0.342 e. The van der Waals surface area contributed by atoms with E-state index in [-0.39, 0.29) is 11.9 Å². The number of nitrogens with two attached hydrogens (primary N) is 1. The predicted molar refractivity (Wildman–Crippen MR) is 68.7 cm³/mol. The molecule has 4 heteroatoms. The lowest BCUT2D eigenvalue weighted by Crippen LogP contribution is -2.34. The van der Waals surface area contributed by atoms with E-state index >= 15 is 0 Å². The molecule has 0 aliphatic rings. The third-order valence-corrected chi connectivity index (χ3v) is 3.45. The van der Waals surface area contributed by atoms with E-state index in [0.29, 0.717) is 12.5 Å². The molecule has 0 saturated carbocycles. The topological polar surface area (TPSA) is 46.3 Å². The first-order chi connectivity index (χ1) is 7.52. The Hall–Kier alpha value is -0.870. The second-order valence-electron chi connectivity index (χ2n) is 4.44. The molecule has 1 heterocycles. The van der Waals surface area contributed by atoms with Crippen molar-refractivity contribution >= 4 is 17.2 Å². The van der Waals surface area contributed by atoms with Gasteiger partial charge in [-0.3, -0.25) is 4.79 Å². The zero-order valence-corrected chi connectivity index (χ0v) is 11.0. The molecule has 1 aromatic heterocycles. The molecule has 0 aliphatic heterocycles. The van der Waals surface area contributed by atoms with Crippen LogP contribution in [0.3, 0.4) is 0 Å². The molecule has 0 fully saturated rings. The first-order valence-electron chi connectivity index (χ1n) is 5.55. The summed E-state index contributed by atoms with van der Waals surface area (Å²) in [5.74, 6) is 0.543. The molecule has 0 saturated heterocycles. The van der Waals surface area contributed by atoms with Crippen molar-refractivity contribution in [1.82, 2.24) is 4.90 Å². The number of rotatable bonds is 5. The van der Waals surface area contributed by atoms with E-state index in [1.54, 1.807) is 16.2 Å². The number of hydrogen-bond acceptors (Lipinski definition) is 3. The van der Waals surface area contributed by atoms with Crippen molar-refractivity contribution in [3.8, 4) is 0 Å². The summed E-state index contributed by atoms with van der Waals surface area (Å²) in [6.07, 6.45) is 0.851. The highest BCUT2D eigenvalue weighted by molar-refractivity contribution is 7.08. The van der Waals surface area contributed by atoms with E-state index in [1.165, 1.54) is 0 Å². The zero-order chi connectivity index (χ0) is 12.1. The highest BCUT2D eigenvalue weighted by atomic mass is 32.1. The molecule has 0 bridgehead atoms. The van der Waals surface area contributed by atoms with Gasteiger partial charge >= 0.3 is 0 Å². The van der Waals surface area contributed by atoms with Crippen molar-refractivity contribution in [3.05, 3.63) is 22.4 Å². The number of nitrogens with zero attached hydrogens (tertiary/aromatic N) is 1. The van der Waals surface area contributed by atoms with Crippen LogP contribution in [0.1, 0.15) is 30.6 Å². The maximum absolute atomic E-state index is 11.9. The fourth-order valence-electron chi connectivity index (χ4n) is 1.38. The molecule has 1 atom stereocenters. The van der Waals surface area contributed by atoms with Gasteiger partial charge in [0, 0.05) is 25.0 Å². The minimum atomic E-state index is 0.0807. The predicted octanol–water partition coefficient (Wildman–Crippen LogP) is 2.19. The molecule has 16 heavy (non-hydrogen) atoms. The Morgan fingerprint density at radius 3 is 2.75 bits per heavy atom. The Kier molecular flexibility index (Phi) is 4.96. The summed E-state index contributed by atoms with van der Waals surface area (Å²) in [7, 11) is 1.83. The van der Waals surface area contributed by atoms with Crippen LogP contribution in [0.5, 0.6) is 0 Å². The van der Waals surface area contributed by atoms with Gasteiger partial charge in [-0.05, 0) is 23.8 Å². The molecular weight excluding hydrogens is 220 g/mol. The fourth-order valence-corrected chi connectivity index (χ4v) is 2.01. The van der Waals surface area contributed by atoms with Crippen LogP contribution in [0.25, 0.3) is 0 Å². The Balaban J connectivity index is 2.41. The minimum Gasteiger partial charge on any atom is -0.342 e. The standard InChI is InChI=1S/C12H20N2OS/c1-9(2)11(13)4-6-14(3)12(15)10-5-7-16-8-10/h5,7-9,11H,4,6,13H2,1-3H3/t11-/m1/s1. The van der Waals surface area contributed by atoms with Gasteiger partial charge in [0.05, 0.1) is 5.56 Å². The average molecular weight is 240 g/mol. The molecule has 0 radical (unpaired) electrons. The SMILES string of the molecule is CC(C)[C@H](N)CCN(C)C(=O)c1ccsc1. The quantitative estimate of drug-likeness (QED) is 0.857. The first-order valence-corrected chi connectivity index (χ1v) is 6.50. The van der Waals surface area contributed by atoms with Crippen LogP contribution in [0.4, 0.5) is 0 Å². The molecule has 1 amide bonds. The van der Waals surface area contributed by atoms with Gasteiger partial charge < -0.3 is 10.6 Å². The van der Waals surface area contributed by atoms with E-state index in [4.69, 9.17) is 5.73 Å². The van der Waals surface area contributed by atoms with Crippen molar-refractivity contribution in [3.63, 3.8) is 0 Å². The van der Waals surface area contributed by atoms with E-state index in [9.17, 15) is 4.79 Å². The summed E-state index contributed by atoms with van der Waals surface area (Å²) in [4.78, 5) is 13.6. The van der Waals surface area contributed by atoms with Gasteiger partial charge in [-0.1, -0.05) is 13.8 Å². The number of thiophene rings is 1. The third kappa shape index (κ3) is 3.61. The monoisotopic (exact) mass is 240 g/mol. The van der Waals surface area contributed by atoms with E-state index in [1.807, 2.05) is 23.9 Å². The highest BCUT2D eigenvalue weighted by Crippen LogP contribution is 2.10. The van der Waals surface area contributed by atoms with Crippen LogP contribution in [-0.4, -0.2) is 30.4 Å². The molecule has 90 valence electrons. The van der Waals surface area contributed by atoms with Crippen LogP contribution in [0.2, 0.25) is 0 Å². The summed E-state index contributed by atoms with van der Waals surface area (Å²) in [5.41, 5.74) is 6.72. The van der Waals surface area contributed by atoms with Crippen molar-refractivity contribution in [2.75, 3.05) is 13.6 Å². The normalized spacial score (nSPS) is 12.8. The first kappa shape index (κ1) is 13.2. The fraction of sp³-hybridized carbons (Fsp3) is 0.583. The molecule has 3 nitrogen and oxygen atoms in total. The maximum atomic E-state index is 11.9. The molecule has 0 unspecified atom stereocenters. The van der Waals surface area contributed by atoms with E-state index in [2.05, 4.69) is 13.8 Å². The van der Waals surface area contributed by atoms with Gasteiger partial charge in [0.2, 0.25) is 0 Å². The van der Waals surface area contributed by atoms with Crippen LogP contribution >= 0.6 is 11.3 Å². The lowest BCUT2D eigenvalue weighted by Gasteiger charge is -2.21. The Bertz CT molecular complexity index is 322. The van der Waals surface area contributed by atoms with Gasteiger partial charge in [-0.2, -0.15) is 11.3 Å². The number of carbonyl (C=O) groups is 1. The summed E-state index contributed by atoms with van der Waals surface area (Å²) in [6, 6.07) is 2.02. The lowest BCUT2D eigenvalue weighted by molar-refractivity contribution is 0.0789. The van der Waals surface area contributed by atoms with Crippen molar-refractivity contribution in [1.29, 1.82) is 0 Å². The van der Waals surface area contributed by atoms with Gasteiger partial charge in [0.15, 0.2) is 0 Å². The third-order valence-electron chi connectivity index (χ3n) is 2.77. The molecule has 0 aliphatic carbocycles. The minimum absolute atomic E-state index is 0.0807. The molecule has 2 N–H and O–H groups in total. The number of amides is 1. The Morgan fingerprint density at radius 2 is 2.25 bits per heavy atom. The highest BCUT2D eigenvalue weighted by Gasteiger charge is 2.14. The summed E-state index contributed by atoms with van der Waals surface area (Å²) in [6.45, 7) is 4.92. The van der Waals surface area contributed by atoms with Crippen LogP contribution in [-0.2, 0) is 0 Å². The Labute approximate surface area is 101 Å². The van der Waals surface area contributed by atoms with E-state index < -0.39 is 0 Å². The van der Waals surface area contributed by atoms with Crippen molar-refractivity contribution in [2.24, 2.45) is 11.7 Å². The zero-order valence-electron chi connectivity index (χ0n) is 10.1. The summed E-state index contributed by atoms with van der Waals surface area (Å²) >= 11 is 1.54. The van der Waals surface area contributed by atoms with Crippen LogP contribution in [0.15, 0.2) is 16.8 Å². The Morgan fingerprint density at radius 1 is 1.56 bits per heavy atom. The maximum Gasteiger partial charge on any atom is 0.254 e. The molecule has 1 aromatic rings. The summed E-state index contributed by atoms with van der Waals surface area (Å²) < 4.78 is 0. The summed E-state index contributed by atoms with van der Waals surface area (Å²) in [5, 5.41) is 3.79. The van der Waals surface area contributed by atoms with Gasteiger partial charge in [0.25, 0.3) is 5.91 Å². The van der Waals surface area contributed by atoms with Gasteiger partial charge in [-0.15, -0.1) is 0 Å². The molecule has 0 aromatic carbocycles. The van der Waals surface area contributed by atoms with Gasteiger partial charge in [0.1, 0.15) is 0 Å². The second-order valence-corrected chi connectivity index (χ2v) is 5.22. The smallest absolute Gasteiger partial charge is 0.254 e.